The minimum Gasteiger partial charge on any atom is -0.300 e. The highest BCUT2D eigenvalue weighted by Gasteiger charge is 2.22. The molecule has 1 heteroatoms. The normalized spacial score (nSPS) is 23.8. The van der Waals surface area contributed by atoms with Gasteiger partial charge in [-0.3, -0.25) is 4.79 Å². The van der Waals surface area contributed by atoms with Crippen LogP contribution in [0, 0.1) is 11.8 Å². The maximum absolute atomic E-state index is 12.5. The molecule has 0 N–H and O–H groups in total. The molecule has 38 heavy (non-hydrogen) atoms. The van der Waals surface area contributed by atoms with Gasteiger partial charge in [-0.2, -0.15) is 0 Å². The molecule has 1 nitrogen and oxygen atoms in total. The van der Waals surface area contributed by atoms with Crippen molar-refractivity contribution in [2.45, 2.75) is 141 Å². The van der Waals surface area contributed by atoms with E-state index in [1.807, 2.05) is 0 Å². The molecule has 2 aromatic rings. The standard InChI is InChI=1S/C37H54O/c1-3-7-29-13-21-33(22-14-29)35-25-17-31(18-26-35)9-5-11-37(38)12-6-10-32-19-27-36(28-20-32)34-23-15-30(8-4-2)16-24-34/h17-20,25-30,33-34H,3-16,21-24H2,1-2H3/t29-,30?,33-,34?. The molecule has 2 saturated carbocycles. The maximum atomic E-state index is 12.5. The number of hydrogen-bond donors (Lipinski definition) is 0. The molecule has 2 aliphatic carbocycles. The second-order valence-electron chi connectivity index (χ2n) is 12.7. The zero-order chi connectivity index (χ0) is 26.6. The van der Waals surface area contributed by atoms with E-state index in [1.54, 1.807) is 0 Å². The predicted molar refractivity (Wildman–Crippen MR) is 163 cm³/mol. The Hall–Kier alpha value is -1.89. The van der Waals surface area contributed by atoms with Crippen LogP contribution in [0.3, 0.4) is 0 Å². The summed E-state index contributed by atoms with van der Waals surface area (Å²) in [5, 5.41) is 0. The second kappa shape index (κ2) is 15.6. The van der Waals surface area contributed by atoms with Crippen LogP contribution < -0.4 is 0 Å². The van der Waals surface area contributed by atoms with Crippen LogP contribution in [0.15, 0.2) is 48.5 Å². The van der Waals surface area contributed by atoms with E-state index in [1.165, 1.54) is 99.3 Å². The molecule has 0 radical (unpaired) electrons. The molecule has 2 fully saturated rings. The summed E-state index contributed by atoms with van der Waals surface area (Å²) in [4.78, 5) is 12.5. The number of hydrogen-bond acceptors (Lipinski definition) is 1. The van der Waals surface area contributed by atoms with E-state index in [4.69, 9.17) is 0 Å². The molecule has 0 bridgehead atoms. The van der Waals surface area contributed by atoms with Crippen molar-refractivity contribution in [2.75, 3.05) is 0 Å². The van der Waals surface area contributed by atoms with E-state index in [9.17, 15) is 4.79 Å². The van der Waals surface area contributed by atoms with Gasteiger partial charge in [-0.25, -0.2) is 0 Å². The number of carbonyl (C=O) groups excluding carboxylic acids is 1. The summed E-state index contributed by atoms with van der Waals surface area (Å²) in [6.07, 6.45) is 22.1. The highest BCUT2D eigenvalue weighted by Crippen LogP contribution is 2.38. The van der Waals surface area contributed by atoms with E-state index in [0.29, 0.717) is 5.78 Å². The van der Waals surface area contributed by atoms with Crippen LogP contribution in [-0.4, -0.2) is 5.78 Å². The molecular formula is C37H54O. The van der Waals surface area contributed by atoms with Gasteiger partial charge in [0.15, 0.2) is 0 Å². The van der Waals surface area contributed by atoms with E-state index < -0.39 is 0 Å². The highest BCUT2D eigenvalue weighted by atomic mass is 16.1. The molecule has 0 spiro atoms. The monoisotopic (exact) mass is 514 g/mol. The first-order valence-corrected chi connectivity index (χ1v) is 16.3. The number of Topliss-reactive ketones (excluding diaryl/α,β-unsaturated/α-hetero) is 1. The lowest BCUT2D eigenvalue weighted by Gasteiger charge is -2.28. The minimum absolute atomic E-state index is 0.436. The van der Waals surface area contributed by atoms with Gasteiger partial charge in [-0.1, -0.05) is 88.1 Å². The van der Waals surface area contributed by atoms with Crippen molar-refractivity contribution in [3.63, 3.8) is 0 Å². The number of ketones is 1. The van der Waals surface area contributed by atoms with E-state index in [2.05, 4.69) is 62.4 Å². The first-order valence-electron chi connectivity index (χ1n) is 16.3. The summed E-state index contributed by atoms with van der Waals surface area (Å²) in [7, 11) is 0. The van der Waals surface area contributed by atoms with Crippen LogP contribution in [0.2, 0.25) is 0 Å². The topological polar surface area (TPSA) is 17.1 Å². The van der Waals surface area contributed by atoms with Crippen molar-refractivity contribution in [1.29, 1.82) is 0 Å². The fourth-order valence-corrected chi connectivity index (χ4v) is 7.40. The quantitative estimate of drug-likeness (QED) is 0.245. The Labute approximate surface area is 234 Å². The van der Waals surface area contributed by atoms with Crippen molar-refractivity contribution in [3.8, 4) is 0 Å². The molecule has 4 rings (SSSR count). The first-order chi connectivity index (χ1) is 18.6. The van der Waals surface area contributed by atoms with Gasteiger partial charge < -0.3 is 0 Å². The Balaban J connectivity index is 1.09. The third-order valence-electron chi connectivity index (χ3n) is 9.83. The zero-order valence-electron chi connectivity index (χ0n) is 24.6. The van der Waals surface area contributed by atoms with Gasteiger partial charge in [0, 0.05) is 12.8 Å². The molecular weight excluding hydrogens is 460 g/mol. The van der Waals surface area contributed by atoms with Gasteiger partial charge in [0.05, 0.1) is 0 Å². The Bertz CT molecular complexity index is 846. The highest BCUT2D eigenvalue weighted by molar-refractivity contribution is 5.78. The van der Waals surface area contributed by atoms with Gasteiger partial charge in [0.25, 0.3) is 0 Å². The van der Waals surface area contributed by atoms with Crippen LogP contribution in [0.5, 0.6) is 0 Å². The third-order valence-corrected chi connectivity index (χ3v) is 9.83. The van der Waals surface area contributed by atoms with Gasteiger partial charge in [0.2, 0.25) is 0 Å². The Morgan fingerprint density at radius 3 is 1.29 bits per heavy atom. The molecule has 0 atom stereocenters. The van der Waals surface area contributed by atoms with Crippen molar-refractivity contribution in [1.82, 2.24) is 0 Å². The van der Waals surface area contributed by atoms with Crippen molar-refractivity contribution in [3.05, 3.63) is 70.8 Å². The average Bonchev–Trinajstić information content (AvgIpc) is 2.95. The molecule has 0 unspecified atom stereocenters. The minimum atomic E-state index is 0.436. The number of rotatable bonds is 14. The van der Waals surface area contributed by atoms with Crippen LogP contribution >= 0.6 is 0 Å². The van der Waals surface area contributed by atoms with E-state index in [-0.39, 0.29) is 0 Å². The summed E-state index contributed by atoms with van der Waals surface area (Å²) >= 11 is 0. The molecule has 2 aromatic carbocycles. The molecule has 0 heterocycles. The number of aryl methyl sites for hydroxylation is 2. The smallest absolute Gasteiger partial charge is 0.132 e. The lowest BCUT2D eigenvalue weighted by atomic mass is 9.77. The number of carbonyl (C=O) groups is 1. The summed E-state index contributed by atoms with van der Waals surface area (Å²) < 4.78 is 0. The van der Waals surface area contributed by atoms with Crippen LogP contribution in [0.1, 0.15) is 151 Å². The molecule has 0 aromatic heterocycles. The molecule has 208 valence electrons. The molecule has 2 aliphatic rings. The Kier molecular flexibility index (Phi) is 12.0. The van der Waals surface area contributed by atoms with Gasteiger partial charge in [-0.05, 0) is 123 Å². The molecule has 0 saturated heterocycles. The van der Waals surface area contributed by atoms with Crippen LogP contribution in [0.25, 0.3) is 0 Å². The summed E-state index contributed by atoms with van der Waals surface area (Å²) in [6.45, 7) is 4.63. The second-order valence-corrected chi connectivity index (χ2v) is 12.7. The van der Waals surface area contributed by atoms with E-state index >= 15 is 0 Å². The lowest BCUT2D eigenvalue weighted by molar-refractivity contribution is -0.119. The van der Waals surface area contributed by atoms with Crippen LogP contribution in [0.4, 0.5) is 0 Å². The molecule has 0 aliphatic heterocycles. The fraction of sp³-hybridized carbons (Fsp3) is 0.649. The van der Waals surface area contributed by atoms with Crippen molar-refractivity contribution in [2.24, 2.45) is 11.8 Å². The van der Waals surface area contributed by atoms with Crippen molar-refractivity contribution >= 4 is 5.78 Å². The Morgan fingerprint density at radius 2 is 0.947 bits per heavy atom. The van der Waals surface area contributed by atoms with E-state index in [0.717, 1.165) is 62.2 Å². The SMILES string of the molecule is CCCC1CCC(c2ccc(CCCC(=O)CCCc3ccc([C@H]4CC[C@H](CCC)CC4)cc3)cc2)CC1. The number of benzene rings is 2. The Morgan fingerprint density at radius 1 is 0.579 bits per heavy atom. The van der Waals surface area contributed by atoms with Crippen LogP contribution in [-0.2, 0) is 17.6 Å². The molecule has 0 amide bonds. The summed E-state index contributed by atoms with van der Waals surface area (Å²) in [6, 6.07) is 18.7. The third kappa shape index (κ3) is 9.10. The summed E-state index contributed by atoms with van der Waals surface area (Å²) in [5.74, 6) is 3.91. The van der Waals surface area contributed by atoms with Gasteiger partial charge in [-0.15, -0.1) is 0 Å². The average molecular weight is 515 g/mol. The zero-order valence-corrected chi connectivity index (χ0v) is 24.6. The largest absolute Gasteiger partial charge is 0.300 e. The lowest BCUT2D eigenvalue weighted by Crippen LogP contribution is -2.13. The van der Waals surface area contributed by atoms with Crippen molar-refractivity contribution < 1.29 is 4.79 Å². The first kappa shape index (κ1) is 29.1. The predicted octanol–water partition coefficient (Wildman–Crippen LogP) is 10.7. The maximum Gasteiger partial charge on any atom is 0.132 e. The summed E-state index contributed by atoms with van der Waals surface area (Å²) in [5.41, 5.74) is 5.85. The van der Waals surface area contributed by atoms with Gasteiger partial charge >= 0.3 is 0 Å². The fourth-order valence-electron chi connectivity index (χ4n) is 7.40. The van der Waals surface area contributed by atoms with Gasteiger partial charge in [0.1, 0.15) is 5.78 Å².